The first kappa shape index (κ1) is 39.2. The zero-order chi connectivity index (χ0) is 38.2. The van der Waals surface area contributed by atoms with Crippen LogP contribution in [0.4, 0.5) is 0 Å². The van der Waals surface area contributed by atoms with E-state index < -0.39 is 0 Å². The summed E-state index contributed by atoms with van der Waals surface area (Å²) >= 11 is 0. The number of ether oxygens (including phenoxy) is 1. The summed E-state index contributed by atoms with van der Waals surface area (Å²) in [6.45, 7) is 28.9. The summed E-state index contributed by atoms with van der Waals surface area (Å²) in [4.78, 5) is 4.84. The second kappa shape index (κ2) is 14.0. The topological polar surface area (TPSA) is 44.9 Å². The number of fused-ring (bicyclic) bond motifs is 3. The molecule has 3 aromatic heterocycles. The van der Waals surface area contributed by atoms with E-state index in [-0.39, 0.29) is 36.7 Å². The molecule has 4 aromatic carbocycles. The molecule has 0 unspecified atom stereocenters. The van der Waals surface area contributed by atoms with Crippen LogP contribution < -0.4 is 4.74 Å². The summed E-state index contributed by atoms with van der Waals surface area (Å²) < 4.78 is 10.9. The Kier molecular flexibility index (Phi) is 10.1. The van der Waals surface area contributed by atoms with Gasteiger partial charge in [-0.3, -0.25) is 4.68 Å². The first-order valence-electron chi connectivity index (χ1n) is 18.7. The van der Waals surface area contributed by atoms with Gasteiger partial charge in [0.25, 0.3) is 0 Å². The number of benzene rings is 4. The normalized spacial score (nSPS) is 12.4. The van der Waals surface area contributed by atoms with Gasteiger partial charge in [0.2, 0.25) is 0 Å². The van der Waals surface area contributed by atoms with Crippen LogP contribution in [0.2, 0.25) is 0 Å². The van der Waals surface area contributed by atoms with Crippen molar-refractivity contribution in [2.24, 2.45) is 0 Å². The zero-order valence-corrected chi connectivity index (χ0v) is 35.6. The fourth-order valence-corrected chi connectivity index (χ4v) is 7.46. The Labute approximate surface area is 335 Å². The maximum atomic E-state index is 6.71. The summed E-state index contributed by atoms with van der Waals surface area (Å²) in [6, 6.07) is 33.1. The summed E-state index contributed by atoms with van der Waals surface area (Å²) in [5, 5.41) is 7.37. The minimum atomic E-state index is -0.138. The van der Waals surface area contributed by atoms with Crippen molar-refractivity contribution < 1.29 is 25.2 Å². The monoisotopic (exact) mass is 806 g/mol. The van der Waals surface area contributed by atoms with E-state index in [0.29, 0.717) is 11.5 Å². The van der Waals surface area contributed by atoms with Crippen molar-refractivity contribution in [2.45, 2.75) is 106 Å². The first-order chi connectivity index (χ1) is 24.8. The van der Waals surface area contributed by atoms with Crippen LogP contribution in [0.25, 0.3) is 44.4 Å². The van der Waals surface area contributed by atoms with E-state index in [4.69, 9.17) is 14.8 Å². The van der Waals surface area contributed by atoms with Crippen LogP contribution in [0.3, 0.4) is 0 Å². The Balaban J connectivity index is 0.00000497. The molecule has 3 heterocycles. The molecule has 0 radical (unpaired) electrons. The van der Waals surface area contributed by atoms with Crippen LogP contribution in [-0.4, -0.2) is 19.3 Å². The number of hydrogen-bond donors (Lipinski definition) is 0. The van der Waals surface area contributed by atoms with E-state index in [1.165, 1.54) is 33.4 Å². The van der Waals surface area contributed by atoms with Crippen LogP contribution in [0.5, 0.6) is 11.5 Å². The van der Waals surface area contributed by atoms with Gasteiger partial charge in [0.15, 0.2) is 0 Å². The van der Waals surface area contributed by atoms with Crippen molar-refractivity contribution >= 4 is 21.8 Å². The molecule has 0 atom stereocenters. The van der Waals surface area contributed by atoms with Gasteiger partial charge in [-0.25, -0.2) is 4.98 Å². The SMILES string of the molecule is Cc1cc(C(C)(C)C)cc(C)c1-c1c(C)nn(-c2[c-]c(Oc3[c-]c4c(cc3)c3ccccc3n4-c3cc(C(C)(C)C)ccn3)cc(C(C)(C)C)c2)c1C.[Pd+2]. The van der Waals surface area contributed by atoms with Gasteiger partial charge in [-0.2, -0.15) is 11.2 Å². The van der Waals surface area contributed by atoms with Gasteiger partial charge >= 0.3 is 20.4 Å². The Bertz CT molecular complexity index is 2510. The van der Waals surface area contributed by atoms with E-state index in [0.717, 1.165) is 50.3 Å². The van der Waals surface area contributed by atoms with E-state index in [9.17, 15) is 0 Å². The first-order valence-corrected chi connectivity index (χ1v) is 18.7. The molecular weight excluding hydrogens is 755 g/mol. The standard InChI is InChI=1S/C48H52N4O.Pd/c1-29-22-34(47(8,9)10)23-30(2)44(29)45-31(3)50-52(32(45)4)36-24-35(48(11,12)13)25-38(27-36)53-37-18-19-40-39-16-14-15-17-41(39)51(42(40)28-37)43-26-33(20-21-49-43)46(5,6)7;/h14-26H,1-13H3;/q-2;+2. The minimum Gasteiger partial charge on any atom is -0.509 e. The minimum absolute atomic E-state index is 0. The molecule has 280 valence electrons. The molecule has 0 aliphatic rings. The number of aromatic nitrogens is 4. The molecule has 0 saturated carbocycles. The summed E-state index contributed by atoms with van der Waals surface area (Å²) in [5.74, 6) is 2.09. The van der Waals surface area contributed by atoms with Gasteiger partial charge in [0, 0.05) is 34.5 Å². The fourth-order valence-electron chi connectivity index (χ4n) is 7.46. The average Bonchev–Trinajstić information content (AvgIpc) is 3.56. The molecule has 0 aliphatic heterocycles. The van der Waals surface area contributed by atoms with E-state index in [2.05, 4.69) is 173 Å². The molecule has 0 fully saturated rings. The van der Waals surface area contributed by atoms with Crippen molar-refractivity contribution in [2.75, 3.05) is 0 Å². The summed E-state index contributed by atoms with van der Waals surface area (Å²) in [5.41, 5.74) is 13.5. The molecule has 0 spiro atoms. The second-order valence-corrected chi connectivity index (χ2v) is 17.8. The van der Waals surface area contributed by atoms with E-state index >= 15 is 0 Å². The third-order valence-electron chi connectivity index (χ3n) is 10.5. The number of nitrogens with zero attached hydrogens (tertiary/aromatic N) is 4. The van der Waals surface area contributed by atoms with Crippen LogP contribution in [0.15, 0.2) is 79.0 Å². The Hall–Kier alpha value is -4.50. The number of pyridine rings is 1. The van der Waals surface area contributed by atoms with Gasteiger partial charge in [0.05, 0.1) is 5.69 Å². The molecule has 54 heavy (non-hydrogen) atoms. The Morgan fingerprint density at radius 3 is 1.89 bits per heavy atom. The number of hydrogen-bond acceptors (Lipinski definition) is 3. The van der Waals surface area contributed by atoms with Gasteiger partial charge in [0.1, 0.15) is 5.82 Å². The number of aryl methyl sites for hydroxylation is 3. The Morgan fingerprint density at radius 2 is 1.24 bits per heavy atom. The molecule has 0 amide bonds. The smallest absolute Gasteiger partial charge is 0.509 e. The van der Waals surface area contributed by atoms with Crippen molar-refractivity contribution in [3.8, 4) is 34.1 Å². The number of para-hydroxylation sites is 1. The van der Waals surface area contributed by atoms with Crippen molar-refractivity contribution in [1.29, 1.82) is 0 Å². The van der Waals surface area contributed by atoms with Crippen molar-refractivity contribution in [3.63, 3.8) is 0 Å². The molecule has 0 saturated heterocycles. The molecule has 0 N–H and O–H groups in total. The van der Waals surface area contributed by atoms with Gasteiger partial charge in [-0.15, -0.1) is 41.3 Å². The largest absolute Gasteiger partial charge is 2.00 e. The van der Waals surface area contributed by atoms with Gasteiger partial charge in [-0.05, 0) is 101 Å². The molecule has 7 rings (SSSR count). The van der Waals surface area contributed by atoms with Gasteiger partial charge < -0.3 is 9.30 Å². The molecule has 6 heteroatoms. The molecular formula is C48H52N4OPd. The van der Waals surface area contributed by atoms with Crippen LogP contribution >= 0.6 is 0 Å². The molecule has 7 aromatic rings. The van der Waals surface area contributed by atoms with E-state index in [1.807, 2.05) is 16.9 Å². The second-order valence-electron chi connectivity index (χ2n) is 17.8. The summed E-state index contributed by atoms with van der Waals surface area (Å²) in [6.07, 6.45) is 1.90. The zero-order valence-electron chi connectivity index (χ0n) is 34.0. The van der Waals surface area contributed by atoms with Crippen molar-refractivity contribution in [3.05, 3.63) is 130 Å². The third kappa shape index (κ3) is 7.19. The molecule has 0 aliphatic carbocycles. The summed E-state index contributed by atoms with van der Waals surface area (Å²) in [7, 11) is 0. The quantitative estimate of drug-likeness (QED) is 0.129. The maximum absolute atomic E-state index is 6.71. The van der Waals surface area contributed by atoms with Crippen molar-refractivity contribution in [1.82, 2.24) is 19.3 Å². The van der Waals surface area contributed by atoms with Gasteiger partial charge in [-0.1, -0.05) is 98.2 Å². The average molecular weight is 807 g/mol. The van der Waals surface area contributed by atoms with Crippen LogP contribution in [-0.2, 0) is 36.7 Å². The Morgan fingerprint density at radius 1 is 0.611 bits per heavy atom. The molecule has 0 bridgehead atoms. The fraction of sp³-hybridized carbons (Fsp3) is 0.333. The maximum Gasteiger partial charge on any atom is 2.00 e. The third-order valence-corrected chi connectivity index (χ3v) is 10.5. The predicted octanol–water partition coefficient (Wildman–Crippen LogP) is 12.5. The number of rotatable bonds is 5. The molecule has 5 nitrogen and oxygen atoms in total. The van der Waals surface area contributed by atoms with Crippen LogP contribution in [0, 0.1) is 39.8 Å². The van der Waals surface area contributed by atoms with E-state index in [1.54, 1.807) is 0 Å². The predicted molar refractivity (Wildman–Crippen MR) is 220 cm³/mol. The van der Waals surface area contributed by atoms with Crippen LogP contribution in [0.1, 0.15) is 102 Å².